The van der Waals surface area contributed by atoms with Crippen LogP contribution in [0.3, 0.4) is 0 Å². The van der Waals surface area contributed by atoms with Crippen molar-refractivity contribution in [1.29, 1.82) is 0 Å². The maximum atomic E-state index is 11.9. The molecule has 20 heavy (non-hydrogen) atoms. The molecular formula is C14H21N3O2S. The topological polar surface area (TPSA) is 63.2 Å². The Balaban J connectivity index is 1.97. The summed E-state index contributed by atoms with van der Waals surface area (Å²) in [7, 11) is -2.92. The van der Waals surface area contributed by atoms with Crippen LogP contribution < -0.4 is 4.90 Å². The fourth-order valence-electron chi connectivity index (χ4n) is 3.10. The number of aryl methyl sites for hydroxylation is 2. The Hall–Kier alpha value is -1.17. The van der Waals surface area contributed by atoms with E-state index < -0.39 is 9.84 Å². The van der Waals surface area contributed by atoms with E-state index >= 15 is 0 Å². The van der Waals surface area contributed by atoms with Gasteiger partial charge in [-0.1, -0.05) is 0 Å². The summed E-state index contributed by atoms with van der Waals surface area (Å²) >= 11 is 0. The van der Waals surface area contributed by atoms with E-state index in [1.54, 1.807) is 6.92 Å². The number of hydrogen-bond donors (Lipinski definition) is 0. The second kappa shape index (κ2) is 4.98. The van der Waals surface area contributed by atoms with Crippen molar-refractivity contribution >= 4 is 15.7 Å². The first-order valence-electron chi connectivity index (χ1n) is 7.30. The Bertz CT molecular complexity index is 628. The van der Waals surface area contributed by atoms with Crippen molar-refractivity contribution in [3.63, 3.8) is 0 Å². The number of rotatable bonds is 1. The molecule has 1 aliphatic carbocycles. The highest BCUT2D eigenvalue weighted by atomic mass is 32.2. The van der Waals surface area contributed by atoms with E-state index in [0.717, 1.165) is 24.5 Å². The maximum absolute atomic E-state index is 11.9. The van der Waals surface area contributed by atoms with Gasteiger partial charge < -0.3 is 4.90 Å². The van der Waals surface area contributed by atoms with Crippen LogP contribution in [0.25, 0.3) is 0 Å². The molecule has 1 saturated heterocycles. The molecule has 0 amide bonds. The second-order valence-electron chi connectivity index (χ2n) is 5.85. The highest BCUT2D eigenvalue weighted by Gasteiger charge is 2.32. The van der Waals surface area contributed by atoms with Crippen LogP contribution in [0, 0.1) is 6.92 Å². The molecule has 0 bridgehead atoms. The van der Waals surface area contributed by atoms with Gasteiger partial charge in [-0.05, 0) is 39.5 Å². The SMILES string of the molecule is Cc1nc2c(c(N3CCS(=O)(=O)C(C)C3)n1)CCCC2. The van der Waals surface area contributed by atoms with Crippen LogP contribution in [-0.2, 0) is 22.7 Å². The molecule has 5 nitrogen and oxygen atoms in total. The van der Waals surface area contributed by atoms with Gasteiger partial charge in [0.05, 0.1) is 11.0 Å². The number of anilines is 1. The van der Waals surface area contributed by atoms with Crippen molar-refractivity contribution in [3.8, 4) is 0 Å². The van der Waals surface area contributed by atoms with Crippen molar-refractivity contribution in [2.75, 3.05) is 23.7 Å². The van der Waals surface area contributed by atoms with Crippen LogP contribution in [0.15, 0.2) is 0 Å². The average Bonchev–Trinajstić information content (AvgIpc) is 2.41. The summed E-state index contributed by atoms with van der Waals surface area (Å²) in [5.41, 5.74) is 2.41. The third kappa shape index (κ3) is 2.41. The van der Waals surface area contributed by atoms with Crippen LogP contribution in [0.2, 0.25) is 0 Å². The minimum atomic E-state index is -2.92. The minimum absolute atomic E-state index is 0.228. The lowest BCUT2D eigenvalue weighted by Crippen LogP contribution is -2.46. The quantitative estimate of drug-likeness (QED) is 0.781. The van der Waals surface area contributed by atoms with Crippen molar-refractivity contribution in [3.05, 3.63) is 17.1 Å². The molecule has 1 atom stereocenters. The van der Waals surface area contributed by atoms with Crippen molar-refractivity contribution in [2.24, 2.45) is 0 Å². The van der Waals surface area contributed by atoms with E-state index in [2.05, 4.69) is 14.9 Å². The lowest BCUT2D eigenvalue weighted by Gasteiger charge is -2.34. The van der Waals surface area contributed by atoms with E-state index in [1.807, 2.05) is 6.92 Å². The zero-order chi connectivity index (χ0) is 14.3. The number of sulfone groups is 1. The van der Waals surface area contributed by atoms with Gasteiger partial charge in [0.15, 0.2) is 9.84 Å². The zero-order valence-corrected chi connectivity index (χ0v) is 12.9. The predicted molar refractivity (Wildman–Crippen MR) is 78.9 cm³/mol. The molecule has 110 valence electrons. The van der Waals surface area contributed by atoms with Crippen LogP contribution in [0.1, 0.15) is 36.8 Å². The average molecular weight is 295 g/mol. The summed E-state index contributed by atoms with van der Waals surface area (Å²) < 4.78 is 23.7. The first-order valence-corrected chi connectivity index (χ1v) is 9.02. The molecule has 2 aliphatic rings. The van der Waals surface area contributed by atoms with Gasteiger partial charge in [-0.3, -0.25) is 0 Å². The van der Waals surface area contributed by atoms with Crippen LogP contribution in [0.5, 0.6) is 0 Å². The Morgan fingerprint density at radius 2 is 1.95 bits per heavy atom. The van der Waals surface area contributed by atoms with Gasteiger partial charge in [-0.2, -0.15) is 0 Å². The highest BCUT2D eigenvalue weighted by molar-refractivity contribution is 7.92. The third-order valence-electron chi connectivity index (χ3n) is 4.31. The van der Waals surface area contributed by atoms with Crippen molar-refractivity contribution in [2.45, 2.75) is 44.8 Å². The van der Waals surface area contributed by atoms with Gasteiger partial charge in [0, 0.05) is 24.3 Å². The molecule has 0 N–H and O–H groups in total. The third-order valence-corrected chi connectivity index (χ3v) is 6.44. The normalized spacial score (nSPS) is 25.3. The van der Waals surface area contributed by atoms with Gasteiger partial charge in [0.2, 0.25) is 0 Å². The number of fused-ring (bicyclic) bond motifs is 1. The summed E-state index contributed by atoms with van der Waals surface area (Å²) in [4.78, 5) is 11.3. The number of aromatic nitrogens is 2. The van der Waals surface area contributed by atoms with E-state index in [9.17, 15) is 8.42 Å². The smallest absolute Gasteiger partial charge is 0.156 e. The van der Waals surface area contributed by atoms with E-state index in [1.165, 1.54) is 24.1 Å². The lowest BCUT2D eigenvalue weighted by atomic mass is 9.96. The number of hydrogen-bond acceptors (Lipinski definition) is 5. The van der Waals surface area contributed by atoms with Gasteiger partial charge in [-0.25, -0.2) is 18.4 Å². The molecule has 1 aromatic heterocycles. The zero-order valence-electron chi connectivity index (χ0n) is 12.1. The number of nitrogens with zero attached hydrogens (tertiary/aromatic N) is 3. The van der Waals surface area contributed by atoms with Gasteiger partial charge in [0.25, 0.3) is 0 Å². The van der Waals surface area contributed by atoms with E-state index in [-0.39, 0.29) is 11.0 Å². The van der Waals surface area contributed by atoms with Gasteiger partial charge in [0.1, 0.15) is 11.6 Å². The molecule has 3 rings (SSSR count). The summed E-state index contributed by atoms with van der Waals surface area (Å²) in [5.74, 6) is 2.00. The maximum Gasteiger partial charge on any atom is 0.156 e. The Morgan fingerprint density at radius 1 is 1.20 bits per heavy atom. The largest absolute Gasteiger partial charge is 0.354 e. The predicted octanol–water partition coefficient (Wildman–Crippen LogP) is 1.29. The van der Waals surface area contributed by atoms with Crippen molar-refractivity contribution in [1.82, 2.24) is 9.97 Å². The Kier molecular flexibility index (Phi) is 3.44. The van der Waals surface area contributed by atoms with Gasteiger partial charge >= 0.3 is 0 Å². The van der Waals surface area contributed by atoms with Crippen LogP contribution in [-0.4, -0.2) is 42.5 Å². The first kappa shape index (κ1) is 13.8. The molecular weight excluding hydrogens is 274 g/mol. The molecule has 1 fully saturated rings. The van der Waals surface area contributed by atoms with E-state index in [4.69, 9.17) is 0 Å². The molecule has 1 unspecified atom stereocenters. The Morgan fingerprint density at radius 3 is 2.70 bits per heavy atom. The molecule has 2 heterocycles. The molecule has 6 heteroatoms. The summed E-state index contributed by atoms with van der Waals surface area (Å²) in [6, 6.07) is 0. The summed E-state index contributed by atoms with van der Waals surface area (Å²) in [5, 5.41) is -0.314. The molecule has 1 aromatic rings. The molecule has 0 saturated carbocycles. The fourth-order valence-corrected chi connectivity index (χ4v) is 4.39. The second-order valence-corrected chi connectivity index (χ2v) is 8.39. The van der Waals surface area contributed by atoms with Gasteiger partial charge in [-0.15, -0.1) is 0 Å². The van der Waals surface area contributed by atoms with Crippen molar-refractivity contribution < 1.29 is 8.42 Å². The standard InChI is InChI=1S/C14H21N3O2S/c1-10-9-17(7-8-20(10,18)19)14-12-5-3-4-6-13(12)15-11(2)16-14/h10H,3-9H2,1-2H3. The monoisotopic (exact) mass is 295 g/mol. The molecule has 0 radical (unpaired) electrons. The minimum Gasteiger partial charge on any atom is -0.354 e. The van der Waals surface area contributed by atoms with Crippen LogP contribution in [0.4, 0.5) is 5.82 Å². The first-order chi connectivity index (χ1) is 9.47. The van der Waals surface area contributed by atoms with E-state index in [0.29, 0.717) is 13.1 Å². The highest BCUT2D eigenvalue weighted by Crippen LogP contribution is 2.29. The molecule has 0 spiro atoms. The Labute approximate surface area is 120 Å². The summed E-state index contributed by atoms with van der Waals surface area (Å²) in [6.45, 7) is 4.81. The fraction of sp³-hybridized carbons (Fsp3) is 0.714. The summed E-state index contributed by atoms with van der Waals surface area (Å²) in [6.07, 6.45) is 4.40. The van der Waals surface area contributed by atoms with Crippen LogP contribution >= 0.6 is 0 Å². The lowest BCUT2D eigenvalue weighted by molar-refractivity contribution is 0.566. The molecule has 1 aliphatic heterocycles. The molecule has 0 aromatic carbocycles.